The molecule has 1 aliphatic rings. The Balaban J connectivity index is 1.94. The average Bonchev–Trinajstić information content (AvgIpc) is 2.59. The van der Waals surface area contributed by atoms with Gasteiger partial charge in [-0.2, -0.15) is 0 Å². The number of nitro groups is 1. The molecular formula is C19H25N3O5S. The smallest absolute Gasteiger partial charge is 0.320 e. The van der Waals surface area contributed by atoms with Crippen molar-refractivity contribution in [1.82, 2.24) is 9.80 Å². The quantitative estimate of drug-likeness (QED) is 0.265. The third kappa shape index (κ3) is 5.80. The standard InChI is InChI=1S/C19H25N3O5S/c1-13(14-5-6-16(28)15(11-14)22(25)26)18(24)21-9-7-20(8-10-21)12-17(23)27-19(2,3)4/h5-6,11,28H,1,7-10,12H2,2-4H3. The van der Waals surface area contributed by atoms with E-state index < -0.39 is 10.5 Å². The van der Waals surface area contributed by atoms with E-state index in [0.717, 1.165) is 0 Å². The average molecular weight is 407 g/mol. The van der Waals surface area contributed by atoms with E-state index in [-0.39, 0.29) is 34.6 Å². The molecule has 0 aliphatic carbocycles. The van der Waals surface area contributed by atoms with E-state index >= 15 is 0 Å². The largest absolute Gasteiger partial charge is 0.459 e. The van der Waals surface area contributed by atoms with Gasteiger partial charge in [-0.05, 0) is 32.4 Å². The zero-order chi connectivity index (χ0) is 21.1. The number of carbonyl (C=O) groups is 2. The maximum Gasteiger partial charge on any atom is 0.320 e. The van der Waals surface area contributed by atoms with Crippen LogP contribution < -0.4 is 0 Å². The number of ether oxygens (including phenoxy) is 1. The minimum Gasteiger partial charge on any atom is -0.459 e. The van der Waals surface area contributed by atoms with Gasteiger partial charge in [-0.15, -0.1) is 12.6 Å². The molecule has 0 radical (unpaired) electrons. The van der Waals surface area contributed by atoms with Crippen molar-refractivity contribution >= 4 is 35.8 Å². The van der Waals surface area contributed by atoms with Crippen LogP contribution in [-0.4, -0.2) is 64.9 Å². The molecular weight excluding hydrogens is 382 g/mol. The van der Waals surface area contributed by atoms with Gasteiger partial charge < -0.3 is 9.64 Å². The summed E-state index contributed by atoms with van der Waals surface area (Å²) in [6.07, 6.45) is 0. The molecule has 152 valence electrons. The molecule has 2 rings (SSSR count). The van der Waals surface area contributed by atoms with Crippen LogP contribution in [0.5, 0.6) is 0 Å². The van der Waals surface area contributed by atoms with Crippen LogP contribution in [0.1, 0.15) is 26.3 Å². The highest BCUT2D eigenvalue weighted by atomic mass is 32.1. The molecule has 0 saturated carbocycles. The third-order valence-corrected chi connectivity index (χ3v) is 4.59. The Morgan fingerprint density at radius 3 is 2.39 bits per heavy atom. The van der Waals surface area contributed by atoms with Crippen molar-refractivity contribution in [2.75, 3.05) is 32.7 Å². The summed E-state index contributed by atoms with van der Waals surface area (Å²) >= 11 is 4.06. The number of hydrogen-bond donors (Lipinski definition) is 1. The van der Waals surface area contributed by atoms with Crippen LogP contribution in [0.2, 0.25) is 0 Å². The fourth-order valence-corrected chi connectivity index (χ4v) is 3.06. The molecule has 1 aromatic carbocycles. The lowest BCUT2D eigenvalue weighted by atomic mass is 10.1. The van der Waals surface area contributed by atoms with Gasteiger partial charge in [-0.1, -0.05) is 12.6 Å². The zero-order valence-corrected chi connectivity index (χ0v) is 17.2. The number of rotatable bonds is 5. The van der Waals surface area contributed by atoms with E-state index in [4.69, 9.17) is 4.74 Å². The van der Waals surface area contributed by atoms with Crippen molar-refractivity contribution < 1.29 is 19.2 Å². The van der Waals surface area contributed by atoms with Gasteiger partial charge in [0.05, 0.1) is 16.4 Å². The summed E-state index contributed by atoms with van der Waals surface area (Å²) in [4.78, 5) is 39.0. The number of thiol groups is 1. The molecule has 0 bridgehead atoms. The summed E-state index contributed by atoms with van der Waals surface area (Å²) in [7, 11) is 0. The second-order valence-corrected chi connectivity index (χ2v) is 8.08. The van der Waals surface area contributed by atoms with Crippen LogP contribution in [0.4, 0.5) is 5.69 Å². The Hall–Kier alpha value is -2.39. The molecule has 1 heterocycles. The summed E-state index contributed by atoms with van der Waals surface area (Å²) in [5.41, 5.74) is -0.114. The number of esters is 1. The molecule has 28 heavy (non-hydrogen) atoms. The molecule has 1 saturated heterocycles. The predicted molar refractivity (Wildman–Crippen MR) is 108 cm³/mol. The summed E-state index contributed by atoms with van der Waals surface area (Å²) in [6.45, 7) is 11.4. The van der Waals surface area contributed by atoms with Crippen LogP contribution in [0.25, 0.3) is 5.57 Å². The number of nitro benzene ring substituents is 1. The molecule has 0 aromatic heterocycles. The van der Waals surface area contributed by atoms with Crippen LogP contribution in [0.3, 0.4) is 0 Å². The lowest BCUT2D eigenvalue weighted by Crippen LogP contribution is -2.50. The Bertz CT molecular complexity index is 795. The number of nitrogens with zero attached hydrogens (tertiary/aromatic N) is 3. The van der Waals surface area contributed by atoms with Gasteiger partial charge in [0, 0.05) is 37.8 Å². The van der Waals surface area contributed by atoms with E-state index in [0.29, 0.717) is 31.7 Å². The van der Waals surface area contributed by atoms with Crippen molar-refractivity contribution in [3.05, 3.63) is 40.5 Å². The number of benzene rings is 1. The van der Waals surface area contributed by atoms with Crippen LogP contribution in [0.15, 0.2) is 29.7 Å². The maximum atomic E-state index is 12.7. The molecule has 0 atom stereocenters. The topological polar surface area (TPSA) is 93.0 Å². The fourth-order valence-electron chi connectivity index (χ4n) is 2.84. The first-order valence-corrected chi connectivity index (χ1v) is 9.33. The normalized spacial score (nSPS) is 15.2. The van der Waals surface area contributed by atoms with Gasteiger partial charge in [0.2, 0.25) is 0 Å². The summed E-state index contributed by atoms with van der Waals surface area (Å²) in [5, 5.41) is 11.1. The summed E-state index contributed by atoms with van der Waals surface area (Å²) in [6, 6.07) is 4.38. The number of amides is 1. The van der Waals surface area contributed by atoms with Crippen molar-refractivity contribution in [2.45, 2.75) is 31.3 Å². The lowest BCUT2D eigenvalue weighted by Gasteiger charge is -2.35. The SMILES string of the molecule is C=C(C(=O)N1CCN(CC(=O)OC(C)(C)C)CC1)c1ccc(S)c([N+](=O)[O-])c1. The van der Waals surface area contributed by atoms with Gasteiger partial charge in [-0.3, -0.25) is 24.6 Å². The predicted octanol–water partition coefficient (Wildman–Crippen LogP) is 2.38. The minimum absolute atomic E-state index is 0.169. The number of hydrogen-bond acceptors (Lipinski definition) is 7. The molecule has 8 nitrogen and oxygen atoms in total. The second-order valence-electron chi connectivity index (χ2n) is 7.59. The van der Waals surface area contributed by atoms with Crippen molar-refractivity contribution in [1.29, 1.82) is 0 Å². The van der Waals surface area contributed by atoms with Crippen LogP contribution in [-0.2, 0) is 14.3 Å². The van der Waals surface area contributed by atoms with Gasteiger partial charge in [0.25, 0.3) is 11.6 Å². The first-order valence-electron chi connectivity index (χ1n) is 8.88. The molecule has 0 spiro atoms. The molecule has 1 fully saturated rings. The zero-order valence-electron chi connectivity index (χ0n) is 16.3. The minimum atomic E-state index is -0.543. The molecule has 0 N–H and O–H groups in total. The first kappa shape index (κ1) is 21.9. The van der Waals surface area contributed by atoms with E-state index in [1.54, 1.807) is 11.0 Å². The maximum absolute atomic E-state index is 12.7. The Morgan fingerprint density at radius 1 is 1.25 bits per heavy atom. The van der Waals surface area contributed by atoms with Crippen LogP contribution >= 0.6 is 12.6 Å². The third-order valence-electron chi connectivity index (χ3n) is 4.21. The van der Waals surface area contributed by atoms with Gasteiger partial charge in [-0.25, -0.2) is 0 Å². The summed E-state index contributed by atoms with van der Waals surface area (Å²) < 4.78 is 5.31. The second kappa shape index (κ2) is 8.74. The monoisotopic (exact) mass is 407 g/mol. The van der Waals surface area contributed by atoms with Crippen LogP contribution in [0, 0.1) is 10.1 Å². The Morgan fingerprint density at radius 2 is 1.86 bits per heavy atom. The van der Waals surface area contributed by atoms with E-state index in [1.165, 1.54) is 12.1 Å². The van der Waals surface area contributed by atoms with E-state index in [9.17, 15) is 19.7 Å². The number of piperazine rings is 1. The van der Waals surface area contributed by atoms with Gasteiger partial charge >= 0.3 is 5.97 Å². The highest BCUT2D eigenvalue weighted by molar-refractivity contribution is 7.80. The fraction of sp³-hybridized carbons (Fsp3) is 0.474. The highest BCUT2D eigenvalue weighted by Gasteiger charge is 2.26. The van der Waals surface area contributed by atoms with E-state index in [2.05, 4.69) is 19.2 Å². The lowest BCUT2D eigenvalue weighted by molar-refractivity contribution is -0.387. The molecule has 9 heteroatoms. The Kier molecular flexibility index (Phi) is 6.84. The summed E-state index contributed by atoms with van der Waals surface area (Å²) in [5.74, 6) is -0.575. The highest BCUT2D eigenvalue weighted by Crippen LogP contribution is 2.27. The van der Waals surface area contributed by atoms with Gasteiger partial charge in [0.1, 0.15) is 5.60 Å². The molecule has 0 unspecified atom stereocenters. The molecule has 1 aromatic rings. The van der Waals surface area contributed by atoms with Gasteiger partial charge in [0.15, 0.2) is 0 Å². The number of carbonyl (C=O) groups excluding carboxylic acids is 2. The van der Waals surface area contributed by atoms with E-state index in [1.807, 2.05) is 25.7 Å². The first-order chi connectivity index (χ1) is 13.0. The van der Waals surface area contributed by atoms with Crippen molar-refractivity contribution in [3.63, 3.8) is 0 Å². The molecule has 1 amide bonds. The Labute approximate surface area is 169 Å². The molecule has 1 aliphatic heterocycles. The van der Waals surface area contributed by atoms with Crippen molar-refractivity contribution in [2.24, 2.45) is 0 Å². The van der Waals surface area contributed by atoms with Crippen molar-refractivity contribution in [3.8, 4) is 0 Å².